The molecule has 1 fully saturated rings. The molecule has 3 nitrogen and oxygen atoms in total. The van der Waals surface area contributed by atoms with Crippen molar-refractivity contribution in [3.8, 4) is 16.9 Å². The first-order valence-corrected chi connectivity index (χ1v) is 8.59. The van der Waals surface area contributed by atoms with Gasteiger partial charge in [-0.3, -0.25) is 0 Å². The van der Waals surface area contributed by atoms with Gasteiger partial charge in [0.15, 0.2) is 0 Å². The lowest BCUT2D eigenvalue weighted by atomic mass is 10.0. The quantitative estimate of drug-likeness (QED) is 0.834. The highest BCUT2D eigenvalue weighted by molar-refractivity contribution is 5.66. The highest BCUT2D eigenvalue weighted by atomic mass is 16.5. The predicted octanol–water partition coefficient (Wildman–Crippen LogP) is 4.31. The molecule has 1 unspecified atom stereocenters. The van der Waals surface area contributed by atoms with Gasteiger partial charge in [0.05, 0.1) is 6.61 Å². The molecule has 1 atom stereocenters. The summed E-state index contributed by atoms with van der Waals surface area (Å²) in [6.07, 6.45) is 5.03. The van der Waals surface area contributed by atoms with Gasteiger partial charge in [-0.2, -0.15) is 0 Å². The average molecular weight is 310 g/mol. The van der Waals surface area contributed by atoms with Crippen molar-refractivity contribution in [2.45, 2.75) is 31.7 Å². The second-order valence-corrected chi connectivity index (χ2v) is 6.14. The fraction of sp³-hybridized carbons (Fsp3) is 0.400. The average Bonchev–Trinajstić information content (AvgIpc) is 2.63. The van der Waals surface area contributed by atoms with Gasteiger partial charge in [0.25, 0.3) is 0 Å². The lowest BCUT2D eigenvalue weighted by Gasteiger charge is -2.23. The van der Waals surface area contributed by atoms with Crippen LogP contribution in [0.15, 0.2) is 48.5 Å². The number of benzene rings is 2. The number of nitrogens with one attached hydrogen (secondary N) is 2. The molecule has 0 radical (unpaired) electrons. The molecule has 1 aliphatic heterocycles. The second-order valence-electron chi connectivity index (χ2n) is 6.14. The molecule has 0 amide bonds. The molecule has 1 heterocycles. The summed E-state index contributed by atoms with van der Waals surface area (Å²) in [5.41, 5.74) is 3.57. The number of ether oxygens (including phenoxy) is 1. The Morgan fingerprint density at radius 1 is 1.00 bits per heavy atom. The van der Waals surface area contributed by atoms with Crippen LogP contribution in [0.25, 0.3) is 11.1 Å². The molecule has 0 aromatic heterocycles. The lowest BCUT2D eigenvalue weighted by Crippen LogP contribution is -2.35. The second kappa shape index (κ2) is 8.02. The summed E-state index contributed by atoms with van der Waals surface area (Å²) < 4.78 is 5.89. The molecule has 1 saturated heterocycles. The van der Waals surface area contributed by atoms with Gasteiger partial charge in [-0.1, -0.05) is 30.7 Å². The standard InChI is InChI=1S/C20H26N2O/c1-21-18-9-5-16(6-10-18)17-7-11-20(12-8-17)23-15-13-19-4-2-3-14-22-19/h5-12,19,21-22H,2-4,13-15H2,1H3. The van der Waals surface area contributed by atoms with Crippen LogP contribution >= 0.6 is 0 Å². The first-order chi connectivity index (χ1) is 11.3. The molecule has 2 aromatic rings. The monoisotopic (exact) mass is 310 g/mol. The molecule has 0 saturated carbocycles. The minimum absolute atomic E-state index is 0.633. The van der Waals surface area contributed by atoms with Crippen molar-refractivity contribution in [2.75, 3.05) is 25.5 Å². The summed E-state index contributed by atoms with van der Waals surface area (Å²) in [7, 11) is 1.93. The Morgan fingerprint density at radius 3 is 2.30 bits per heavy atom. The fourth-order valence-corrected chi connectivity index (χ4v) is 3.06. The van der Waals surface area contributed by atoms with Crippen molar-refractivity contribution in [3.63, 3.8) is 0 Å². The van der Waals surface area contributed by atoms with E-state index in [9.17, 15) is 0 Å². The van der Waals surface area contributed by atoms with Crippen LogP contribution in [0, 0.1) is 0 Å². The Bertz CT molecular complexity index is 586. The van der Waals surface area contributed by atoms with Gasteiger partial charge in [-0.25, -0.2) is 0 Å². The van der Waals surface area contributed by atoms with Gasteiger partial charge in [-0.05, 0) is 61.2 Å². The summed E-state index contributed by atoms with van der Waals surface area (Å²) in [6, 6.07) is 17.5. The summed E-state index contributed by atoms with van der Waals surface area (Å²) in [4.78, 5) is 0. The van der Waals surface area contributed by atoms with Crippen LogP contribution < -0.4 is 15.4 Å². The van der Waals surface area contributed by atoms with Gasteiger partial charge in [-0.15, -0.1) is 0 Å². The van der Waals surface area contributed by atoms with Crippen molar-refractivity contribution >= 4 is 5.69 Å². The van der Waals surface area contributed by atoms with Crippen LogP contribution in [0.2, 0.25) is 0 Å². The third kappa shape index (κ3) is 4.49. The van der Waals surface area contributed by atoms with E-state index in [1.165, 1.54) is 30.4 Å². The number of rotatable bonds is 6. The Kier molecular flexibility index (Phi) is 5.54. The summed E-state index contributed by atoms with van der Waals surface area (Å²) in [5.74, 6) is 0.955. The zero-order valence-corrected chi connectivity index (χ0v) is 13.8. The lowest BCUT2D eigenvalue weighted by molar-refractivity contribution is 0.268. The van der Waals surface area contributed by atoms with Crippen molar-refractivity contribution in [1.29, 1.82) is 0 Å². The van der Waals surface area contributed by atoms with Crippen LogP contribution in [-0.2, 0) is 0 Å². The van der Waals surface area contributed by atoms with E-state index in [1.807, 2.05) is 7.05 Å². The molecule has 2 N–H and O–H groups in total. The topological polar surface area (TPSA) is 33.3 Å². The molecule has 3 heteroatoms. The zero-order valence-electron chi connectivity index (χ0n) is 13.8. The normalized spacial score (nSPS) is 17.7. The van der Waals surface area contributed by atoms with Crippen LogP contribution in [-0.4, -0.2) is 26.2 Å². The minimum Gasteiger partial charge on any atom is -0.494 e. The largest absolute Gasteiger partial charge is 0.494 e. The van der Waals surface area contributed by atoms with Crippen molar-refractivity contribution in [3.05, 3.63) is 48.5 Å². The van der Waals surface area contributed by atoms with Gasteiger partial charge in [0.1, 0.15) is 5.75 Å². The molecule has 122 valence electrons. The van der Waals surface area contributed by atoms with Gasteiger partial charge >= 0.3 is 0 Å². The van der Waals surface area contributed by atoms with Crippen molar-refractivity contribution < 1.29 is 4.74 Å². The molecule has 0 spiro atoms. The molecule has 1 aliphatic rings. The third-order valence-electron chi connectivity index (χ3n) is 4.51. The Balaban J connectivity index is 1.51. The number of piperidine rings is 1. The maximum Gasteiger partial charge on any atom is 0.119 e. The van der Waals surface area contributed by atoms with Gasteiger partial charge in [0, 0.05) is 18.8 Å². The van der Waals surface area contributed by atoms with E-state index in [-0.39, 0.29) is 0 Å². The van der Waals surface area contributed by atoms with Gasteiger partial charge in [0.2, 0.25) is 0 Å². The minimum atomic E-state index is 0.633. The molecule has 23 heavy (non-hydrogen) atoms. The SMILES string of the molecule is CNc1ccc(-c2ccc(OCCC3CCCCN3)cc2)cc1. The fourth-order valence-electron chi connectivity index (χ4n) is 3.06. The third-order valence-corrected chi connectivity index (χ3v) is 4.51. The summed E-state index contributed by atoms with van der Waals surface area (Å²) in [5, 5.41) is 6.70. The summed E-state index contributed by atoms with van der Waals surface area (Å²) in [6.45, 7) is 1.94. The van der Waals surface area contributed by atoms with Crippen molar-refractivity contribution in [2.24, 2.45) is 0 Å². The number of hydrogen-bond acceptors (Lipinski definition) is 3. The first-order valence-electron chi connectivity index (χ1n) is 8.59. The van der Waals surface area contributed by atoms with Crippen LogP contribution in [0.5, 0.6) is 5.75 Å². The molecular weight excluding hydrogens is 284 g/mol. The highest BCUT2D eigenvalue weighted by Gasteiger charge is 2.12. The van der Waals surface area contributed by atoms with E-state index in [2.05, 4.69) is 59.2 Å². The highest BCUT2D eigenvalue weighted by Crippen LogP contribution is 2.24. The molecule has 0 aliphatic carbocycles. The zero-order chi connectivity index (χ0) is 15.9. The maximum atomic E-state index is 5.89. The first kappa shape index (κ1) is 15.9. The molecule has 0 bridgehead atoms. The molecular formula is C20H26N2O. The predicted molar refractivity (Wildman–Crippen MR) is 97.2 cm³/mol. The van der Waals surface area contributed by atoms with E-state index in [1.54, 1.807) is 0 Å². The summed E-state index contributed by atoms with van der Waals surface area (Å²) >= 11 is 0. The van der Waals surface area contributed by atoms with E-state index >= 15 is 0 Å². The van der Waals surface area contributed by atoms with Gasteiger partial charge < -0.3 is 15.4 Å². The number of anilines is 1. The van der Waals surface area contributed by atoms with E-state index in [0.29, 0.717) is 6.04 Å². The molecule has 2 aromatic carbocycles. The van der Waals surface area contributed by atoms with Crippen LogP contribution in [0.4, 0.5) is 5.69 Å². The van der Waals surface area contributed by atoms with E-state index in [0.717, 1.165) is 31.0 Å². The van der Waals surface area contributed by atoms with Crippen LogP contribution in [0.1, 0.15) is 25.7 Å². The number of hydrogen-bond donors (Lipinski definition) is 2. The van der Waals surface area contributed by atoms with E-state index in [4.69, 9.17) is 4.74 Å². The van der Waals surface area contributed by atoms with E-state index < -0.39 is 0 Å². The Hall–Kier alpha value is -2.00. The van der Waals surface area contributed by atoms with Crippen molar-refractivity contribution in [1.82, 2.24) is 5.32 Å². The smallest absolute Gasteiger partial charge is 0.119 e. The maximum absolute atomic E-state index is 5.89. The Labute approximate surface area is 139 Å². The molecule has 3 rings (SSSR count). The van der Waals surface area contributed by atoms with Crippen LogP contribution in [0.3, 0.4) is 0 Å². The Morgan fingerprint density at radius 2 is 1.70 bits per heavy atom.